The van der Waals surface area contributed by atoms with Gasteiger partial charge >= 0.3 is 0 Å². The van der Waals surface area contributed by atoms with Gasteiger partial charge in [0.1, 0.15) is 11.3 Å². The quantitative estimate of drug-likeness (QED) is 0.204. The van der Waals surface area contributed by atoms with Crippen molar-refractivity contribution >= 4 is 32.7 Å². The van der Waals surface area contributed by atoms with E-state index in [1.807, 2.05) is 6.07 Å². The summed E-state index contributed by atoms with van der Waals surface area (Å²) in [6, 6.07) is 14.4. The molecule has 0 unspecified atom stereocenters. The Kier molecular flexibility index (Phi) is 5.58. The molecule has 6 rings (SSSR count). The molecule has 1 aliphatic carbocycles. The first-order valence-electron chi connectivity index (χ1n) is 16.9. The number of aliphatic hydroxyl groups is 2. The van der Waals surface area contributed by atoms with Crippen molar-refractivity contribution in [3.63, 3.8) is 0 Å². The first-order chi connectivity index (χ1) is 21.0. The van der Waals surface area contributed by atoms with Gasteiger partial charge in [0.25, 0.3) is 0 Å². The molecule has 0 radical (unpaired) electrons. The Morgan fingerprint density at radius 1 is 0.837 bits per heavy atom. The first-order valence-corrected chi connectivity index (χ1v) is 15.4. The van der Waals surface area contributed by atoms with Gasteiger partial charge in [-0.3, -0.25) is 4.98 Å². The summed E-state index contributed by atoms with van der Waals surface area (Å²) in [5.74, 6) is -2.45. The summed E-state index contributed by atoms with van der Waals surface area (Å²) in [5.41, 5.74) is 2.99. The van der Waals surface area contributed by atoms with Crippen LogP contribution in [0.1, 0.15) is 114 Å². The first kappa shape index (κ1) is 26.2. The molecule has 0 saturated heterocycles. The fraction of sp³-hybridized carbons (Fsp3) is 0.462. The largest absolute Gasteiger partial charge is 0.453 e. The third-order valence-electron chi connectivity index (χ3n) is 9.90. The van der Waals surface area contributed by atoms with Crippen molar-refractivity contribution < 1.29 is 18.7 Å². The fourth-order valence-electron chi connectivity index (χ4n) is 7.13. The third-order valence-corrected chi connectivity index (χ3v) is 9.90. The van der Waals surface area contributed by atoms with E-state index in [-0.39, 0.29) is 16.5 Å². The van der Waals surface area contributed by atoms with Gasteiger partial charge < -0.3 is 14.6 Å². The molecule has 2 heterocycles. The predicted octanol–water partition coefficient (Wildman–Crippen LogP) is 9.94. The van der Waals surface area contributed by atoms with Gasteiger partial charge in [-0.15, -0.1) is 0 Å². The molecule has 4 heteroatoms. The predicted molar refractivity (Wildman–Crippen MR) is 179 cm³/mol. The van der Waals surface area contributed by atoms with E-state index in [0.29, 0.717) is 33.2 Å². The van der Waals surface area contributed by atoms with Crippen LogP contribution in [0.15, 0.2) is 53.1 Å². The maximum absolute atomic E-state index is 12.1. The number of aromatic nitrogens is 1. The van der Waals surface area contributed by atoms with Crippen LogP contribution >= 0.6 is 0 Å². The van der Waals surface area contributed by atoms with E-state index in [0.717, 1.165) is 29.4 Å². The van der Waals surface area contributed by atoms with Crippen LogP contribution in [0.4, 0.5) is 0 Å². The Morgan fingerprint density at radius 3 is 2.12 bits per heavy atom. The van der Waals surface area contributed by atoms with Crippen molar-refractivity contribution in [3.8, 4) is 11.3 Å². The molecule has 5 aromatic rings. The number of fused-ring (bicyclic) bond motifs is 6. The molecule has 0 atom stereocenters. The van der Waals surface area contributed by atoms with Gasteiger partial charge in [-0.25, -0.2) is 0 Å². The average molecular weight is 581 g/mol. The molecule has 0 spiro atoms. The number of furan rings is 1. The van der Waals surface area contributed by atoms with Crippen molar-refractivity contribution in [2.75, 3.05) is 0 Å². The normalized spacial score (nSPS) is 18.5. The van der Waals surface area contributed by atoms with Crippen LogP contribution < -0.4 is 0 Å². The average Bonchev–Trinajstić information content (AvgIpc) is 3.31. The summed E-state index contributed by atoms with van der Waals surface area (Å²) in [7, 11) is 0. The number of aryl methyl sites for hydroxylation is 1. The fourth-order valence-corrected chi connectivity index (χ4v) is 7.13. The number of hydrogen-bond acceptors (Lipinski definition) is 4. The van der Waals surface area contributed by atoms with E-state index in [4.69, 9.17) is 13.5 Å². The van der Waals surface area contributed by atoms with E-state index in [1.54, 1.807) is 33.0 Å². The minimum absolute atomic E-state index is 0.0586. The summed E-state index contributed by atoms with van der Waals surface area (Å²) < 4.78 is 33.6. The molecule has 0 amide bonds. The van der Waals surface area contributed by atoms with Crippen LogP contribution in [0.3, 0.4) is 0 Å². The van der Waals surface area contributed by atoms with Crippen molar-refractivity contribution in [1.29, 1.82) is 0 Å². The zero-order valence-corrected chi connectivity index (χ0v) is 27.3. The second-order valence-corrected chi connectivity index (χ2v) is 16.0. The summed E-state index contributed by atoms with van der Waals surface area (Å²) in [6.45, 7) is 17.5. The number of nitrogens with zero attached hydrogens (tertiary/aromatic N) is 1. The lowest BCUT2D eigenvalue weighted by molar-refractivity contribution is -0.239. The van der Waals surface area contributed by atoms with Crippen molar-refractivity contribution in [2.24, 2.45) is 5.41 Å². The minimum Gasteiger partial charge on any atom is -0.453 e. The second-order valence-electron chi connectivity index (χ2n) is 16.0. The highest BCUT2D eigenvalue weighted by Crippen LogP contribution is 2.56. The molecule has 4 nitrogen and oxygen atoms in total. The van der Waals surface area contributed by atoms with Crippen LogP contribution in [0.2, 0.25) is 0 Å². The highest BCUT2D eigenvalue weighted by Gasteiger charge is 2.50. The Bertz CT molecular complexity index is 2030. The Morgan fingerprint density at radius 2 is 1.49 bits per heavy atom. The highest BCUT2D eigenvalue weighted by molar-refractivity contribution is 6.12. The highest BCUT2D eigenvalue weighted by atomic mass is 16.5. The minimum atomic E-state index is -2.68. The number of rotatable bonds is 2. The molecule has 0 saturated carbocycles. The van der Waals surface area contributed by atoms with Crippen LogP contribution in [-0.4, -0.2) is 15.2 Å². The number of hydrogen-bond donors (Lipinski definition) is 2. The summed E-state index contributed by atoms with van der Waals surface area (Å²) in [4.78, 5) is 4.85. The molecule has 0 aliphatic heterocycles. The monoisotopic (exact) mass is 580 g/mol. The van der Waals surface area contributed by atoms with Gasteiger partial charge in [-0.2, -0.15) is 0 Å². The van der Waals surface area contributed by atoms with Crippen molar-refractivity contribution in [1.82, 2.24) is 4.98 Å². The lowest BCUT2D eigenvalue weighted by Gasteiger charge is -2.47. The Hall–Kier alpha value is -3.21. The van der Waals surface area contributed by atoms with Crippen LogP contribution in [-0.2, 0) is 22.0 Å². The summed E-state index contributed by atoms with van der Waals surface area (Å²) >= 11 is 0. The molecule has 0 fully saturated rings. The number of pyridine rings is 1. The lowest BCUT2D eigenvalue weighted by atomic mass is 9.59. The standard InChI is InChI=1S/C39H47NO3/c1-22-28-26-16-19-40-32(24-20-23-14-12-13-15-25(23)27(21-24)35(2,3)4)33(26)43-34(28)31-30(29(22)39(41,42)36(5,6)7)37(8,9)17-18-38(31,10)11/h12-16,19-21,41-42H,17-18H2,1-11H3/i1D3. The second kappa shape index (κ2) is 9.15. The van der Waals surface area contributed by atoms with Gasteiger partial charge in [-0.05, 0) is 81.6 Å². The molecule has 226 valence electrons. The van der Waals surface area contributed by atoms with Crippen molar-refractivity contribution in [2.45, 2.75) is 111 Å². The van der Waals surface area contributed by atoms with E-state index < -0.39 is 28.9 Å². The molecule has 43 heavy (non-hydrogen) atoms. The van der Waals surface area contributed by atoms with Gasteiger partial charge in [0.15, 0.2) is 11.4 Å². The Labute approximate surface area is 260 Å². The molecule has 0 bridgehead atoms. The maximum Gasteiger partial charge on any atom is 0.195 e. The smallest absolute Gasteiger partial charge is 0.195 e. The summed E-state index contributed by atoms with van der Waals surface area (Å²) in [6.07, 6.45) is 3.28. The SMILES string of the molecule is [2H]C([2H])([2H])c1c(C(O)(O)C(C)(C)C)c2c(c3oc4c(-c5cc(C(C)(C)C)c6ccccc6c5)nccc4c13)C(C)(C)CCC2(C)C. The molecular formula is C39H47NO3. The van der Waals surface area contributed by atoms with E-state index >= 15 is 0 Å². The maximum atomic E-state index is 12.1. The van der Waals surface area contributed by atoms with Gasteiger partial charge in [0.05, 0.1) is 0 Å². The van der Waals surface area contributed by atoms with Crippen LogP contribution in [0.25, 0.3) is 44.0 Å². The topological polar surface area (TPSA) is 66.5 Å². The van der Waals surface area contributed by atoms with Crippen LogP contribution in [0, 0.1) is 12.3 Å². The molecule has 2 N–H and O–H groups in total. The number of benzene rings is 3. The van der Waals surface area contributed by atoms with E-state index in [1.165, 1.54) is 10.9 Å². The molecule has 2 aromatic heterocycles. The third kappa shape index (κ3) is 4.36. The molecule has 3 aromatic carbocycles. The lowest BCUT2D eigenvalue weighted by Crippen LogP contribution is -2.45. The zero-order valence-electron chi connectivity index (χ0n) is 30.3. The van der Waals surface area contributed by atoms with Gasteiger partial charge in [0, 0.05) is 43.2 Å². The van der Waals surface area contributed by atoms with Gasteiger partial charge in [-0.1, -0.05) is 93.5 Å². The van der Waals surface area contributed by atoms with Gasteiger partial charge in [0.2, 0.25) is 0 Å². The Balaban J connectivity index is 1.86. The van der Waals surface area contributed by atoms with E-state index in [9.17, 15) is 10.2 Å². The summed E-state index contributed by atoms with van der Waals surface area (Å²) in [5, 5.41) is 27.5. The van der Waals surface area contributed by atoms with Crippen LogP contribution in [0.5, 0.6) is 0 Å². The molecular weight excluding hydrogens is 530 g/mol. The van der Waals surface area contributed by atoms with Crippen molar-refractivity contribution in [3.05, 3.63) is 76.5 Å². The zero-order chi connectivity index (χ0) is 34.0. The van der Waals surface area contributed by atoms with E-state index in [2.05, 4.69) is 78.8 Å². The molecule has 1 aliphatic rings.